The Morgan fingerprint density at radius 3 is 2.41 bits per heavy atom. The minimum absolute atomic E-state index is 0.343. The van der Waals surface area contributed by atoms with E-state index in [9.17, 15) is 14.7 Å². The molecule has 1 aromatic rings. The number of carboxylic acids is 1. The quantitative estimate of drug-likeness (QED) is 0.833. The van der Waals surface area contributed by atoms with E-state index in [1.54, 1.807) is 20.8 Å². The first-order valence-electron chi connectivity index (χ1n) is 6.80. The van der Waals surface area contributed by atoms with Gasteiger partial charge in [-0.1, -0.05) is 28.1 Å². The van der Waals surface area contributed by atoms with Crippen molar-refractivity contribution in [3.63, 3.8) is 0 Å². The first kappa shape index (κ1) is 17.1. The van der Waals surface area contributed by atoms with Crippen molar-refractivity contribution in [1.29, 1.82) is 0 Å². The molecule has 120 valence electrons. The topological polar surface area (TPSA) is 66.8 Å². The number of carboxylic acid groups (broad SMARTS) is 1. The summed E-state index contributed by atoms with van der Waals surface area (Å²) in [7, 11) is 0. The SMILES string of the molecule is CC(C)(C)OC(=O)N1[C@H](C(=O)O)CS[C@H]1c1ccc(Br)cc1. The van der Waals surface area contributed by atoms with Crippen LogP contribution in [0, 0.1) is 0 Å². The van der Waals surface area contributed by atoms with E-state index in [0.717, 1.165) is 10.0 Å². The lowest BCUT2D eigenvalue weighted by Crippen LogP contribution is -2.45. The lowest BCUT2D eigenvalue weighted by Gasteiger charge is -2.30. The van der Waals surface area contributed by atoms with Crippen LogP contribution in [0.25, 0.3) is 0 Å². The van der Waals surface area contributed by atoms with Crippen LogP contribution in [0.4, 0.5) is 4.79 Å². The normalized spacial score (nSPS) is 21.7. The van der Waals surface area contributed by atoms with Crippen molar-refractivity contribution in [2.24, 2.45) is 0 Å². The number of ether oxygens (including phenoxy) is 1. The van der Waals surface area contributed by atoms with E-state index in [4.69, 9.17) is 4.74 Å². The lowest BCUT2D eigenvalue weighted by molar-refractivity contribution is -0.142. The van der Waals surface area contributed by atoms with Gasteiger partial charge in [0, 0.05) is 10.2 Å². The van der Waals surface area contributed by atoms with E-state index in [2.05, 4.69) is 15.9 Å². The standard InChI is InChI=1S/C15H18BrNO4S/c1-15(2,3)21-14(20)17-11(13(18)19)8-22-12(17)9-4-6-10(16)7-5-9/h4-7,11-12H,8H2,1-3H3,(H,18,19)/t11-,12-/m0/s1. The van der Waals surface area contributed by atoms with Gasteiger partial charge in [0.25, 0.3) is 0 Å². The third kappa shape index (κ3) is 3.95. The van der Waals surface area contributed by atoms with Crippen molar-refractivity contribution in [3.05, 3.63) is 34.3 Å². The summed E-state index contributed by atoms with van der Waals surface area (Å²) in [5.74, 6) is -0.673. The molecule has 1 aromatic carbocycles. The zero-order chi connectivity index (χ0) is 16.5. The molecule has 0 aromatic heterocycles. The van der Waals surface area contributed by atoms with E-state index in [-0.39, 0.29) is 5.37 Å². The molecule has 0 saturated carbocycles. The maximum Gasteiger partial charge on any atom is 0.412 e. The molecule has 1 N–H and O–H groups in total. The van der Waals surface area contributed by atoms with Crippen molar-refractivity contribution >= 4 is 39.8 Å². The Morgan fingerprint density at radius 2 is 1.91 bits per heavy atom. The molecule has 5 nitrogen and oxygen atoms in total. The number of halogens is 1. The second-order valence-corrected chi connectivity index (χ2v) is 8.01. The van der Waals surface area contributed by atoms with Crippen LogP contribution in [0.5, 0.6) is 0 Å². The van der Waals surface area contributed by atoms with Gasteiger partial charge in [-0.05, 0) is 38.5 Å². The summed E-state index contributed by atoms with van der Waals surface area (Å²) in [4.78, 5) is 25.2. The number of thioether (sulfide) groups is 1. The molecule has 22 heavy (non-hydrogen) atoms. The number of benzene rings is 1. The molecule has 0 spiro atoms. The largest absolute Gasteiger partial charge is 0.480 e. The van der Waals surface area contributed by atoms with Crippen LogP contribution in [0.15, 0.2) is 28.7 Å². The lowest BCUT2D eigenvalue weighted by atomic mass is 10.2. The van der Waals surface area contributed by atoms with Crippen molar-refractivity contribution in [3.8, 4) is 0 Å². The second-order valence-electron chi connectivity index (χ2n) is 5.98. The van der Waals surface area contributed by atoms with Crippen molar-refractivity contribution in [2.75, 3.05) is 5.75 Å². The molecule has 1 heterocycles. The fraction of sp³-hybridized carbons (Fsp3) is 0.467. The smallest absolute Gasteiger partial charge is 0.412 e. The number of hydrogen-bond donors (Lipinski definition) is 1. The van der Waals surface area contributed by atoms with Gasteiger partial charge < -0.3 is 9.84 Å². The Labute approximate surface area is 142 Å². The van der Waals surface area contributed by atoms with E-state index < -0.39 is 23.7 Å². The Bertz CT molecular complexity index is 570. The van der Waals surface area contributed by atoms with Gasteiger partial charge in [-0.2, -0.15) is 0 Å². The van der Waals surface area contributed by atoms with Crippen molar-refractivity contribution in [2.45, 2.75) is 37.8 Å². The molecule has 2 atom stereocenters. The number of amides is 1. The Morgan fingerprint density at radius 1 is 1.32 bits per heavy atom. The molecule has 1 aliphatic heterocycles. The Balaban J connectivity index is 2.30. The number of hydrogen-bond acceptors (Lipinski definition) is 4. The van der Waals surface area contributed by atoms with Crippen LogP contribution in [-0.2, 0) is 9.53 Å². The third-order valence-electron chi connectivity index (χ3n) is 3.04. The second kappa shape index (κ2) is 6.50. The summed E-state index contributed by atoms with van der Waals surface area (Å²) in [5.41, 5.74) is 0.209. The molecule has 2 rings (SSSR count). The zero-order valence-corrected chi connectivity index (χ0v) is 15.0. The fourth-order valence-electron chi connectivity index (χ4n) is 2.12. The minimum Gasteiger partial charge on any atom is -0.480 e. The monoisotopic (exact) mass is 387 g/mol. The van der Waals surface area contributed by atoms with E-state index >= 15 is 0 Å². The molecule has 1 fully saturated rings. The van der Waals surface area contributed by atoms with Crippen molar-refractivity contribution < 1.29 is 19.4 Å². The van der Waals surface area contributed by atoms with Crippen LogP contribution in [0.1, 0.15) is 31.7 Å². The van der Waals surface area contributed by atoms with Crippen LogP contribution in [0.3, 0.4) is 0 Å². The maximum absolute atomic E-state index is 12.4. The number of rotatable bonds is 2. The van der Waals surface area contributed by atoms with Gasteiger partial charge in [0.15, 0.2) is 0 Å². The molecule has 0 radical (unpaired) electrons. The van der Waals surface area contributed by atoms with E-state index in [1.807, 2.05) is 24.3 Å². The minimum atomic E-state index is -1.02. The number of nitrogens with zero attached hydrogens (tertiary/aromatic N) is 1. The van der Waals surface area contributed by atoms with Gasteiger partial charge in [0.1, 0.15) is 17.0 Å². The summed E-state index contributed by atoms with van der Waals surface area (Å²) in [6.45, 7) is 5.29. The summed E-state index contributed by atoms with van der Waals surface area (Å²) in [6, 6.07) is 6.62. The molecule has 0 bridgehead atoms. The predicted molar refractivity (Wildman–Crippen MR) is 88.8 cm³/mol. The number of carbonyl (C=O) groups excluding carboxylic acids is 1. The summed E-state index contributed by atoms with van der Waals surface area (Å²) in [5, 5.41) is 9.01. The van der Waals surface area contributed by atoms with E-state index in [0.29, 0.717) is 5.75 Å². The Hall–Kier alpha value is -1.21. The third-order valence-corrected chi connectivity index (χ3v) is 4.90. The Kier molecular flexibility index (Phi) is 5.07. The van der Waals surface area contributed by atoms with Gasteiger partial charge in [-0.25, -0.2) is 9.59 Å². The fourth-order valence-corrected chi connectivity index (χ4v) is 3.79. The highest BCUT2D eigenvalue weighted by Gasteiger charge is 2.44. The van der Waals surface area contributed by atoms with Gasteiger partial charge in [0.05, 0.1) is 0 Å². The highest BCUT2D eigenvalue weighted by Crippen LogP contribution is 2.42. The highest BCUT2D eigenvalue weighted by atomic mass is 79.9. The highest BCUT2D eigenvalue weighted by molar-refractivity contribution is 9.10. The first-order chi connectivity index (χ1) is 10.2. The first-order valence-corrected chi connectivity index (χ1v) is 8.64. The summed E-state index contributed by atoms with van der Waals surface area (Å²) in [6.07, 6.45) is -0.599. The van der Waals surface area contributed by atoms with Gasteiger partial charge in [-0.15, -0.1) is 11.8 Å². The van der Waals surface area contributed by atoms with E-state index in [1.165, 1.54) is 16.7 Å². The molecule has 7 heteroatoms. The predicted octanol–water partition coefficient (Wildman–Crippen LogP) is 3.88. The molecular formula is C15H18BrNO4S. The molecule has 0 aliphatic carbocycles. The van der Waals surface area contributed by atoms with Crippen LogP contribution in [-0.4, -0.2) is 39.5 Å². The summed E-state index contributed by atoms with van der Waals surface area (Å²) < 4.78 is 6.31. The van der Waals surface area contributed by atoms with Gasteiger partial charge in [-0.3, -0.25) is 4.90 Å². The number of aliphatic carboxylic acids is 1. The molecule has 1 aliphatic rings. The van der Waals surface area contributed by atoms with Crippen LogP contribution in [0.2, 0.25) is 0 Å². The van der Waals surface area contributed by atoms with Crippen LogP contribution >= 0.6 is 27.7 Å². The van der Waals surface area contributed by atoms with Crippen LogP contribution < -0.4 is 0 Å². The van der Waals surface area contributed by atoms with Crippen molar-refractivity contribution in [1.82, 2.24) is 4.90 Å². The average Bonchev–Trinajstić information content (AvgIpc) is 2.82. The zero-order valence-electron chi connectivity index (χ0n) is 12.6. The molecule has 1 amide bonds. The van der Waals surface area contributed by atoms with Gasteiger partial charge in [0.2, 0.25) is 0 Å². The summed E-state index contributed by atoms with van der Waals surface area (Å²) >= 11 is 4.80. The van der Waals surface area contributed by atoms with Gasteiger partial charge >= 0.3 is 12.1 Å². The average molecular weight is 388 g/mol. The molecule has 1 saturated heterocycles. The molecular weight excluding hydrogens is 370 g/mol. The number of carbonyl (C=O) groups is 2. The molecule has 0 unspecified atom stereocenters. The maximum atomic E-state index is 12.4.